The van der Waals surface area contributed by atoms with Crippen LogP contribution in [0.4, 0.5) is 8.78 Å². The van der Waals surface area contributed by atoms with Gasteiger partial charge in [-0.25, -0.2) is 8.78 Å². The molecule has 2 fully saturated rings. The summed E-state index contributed by atoms with van der Waals surface area (Å²) in [5.41, 5.74) is -0.179. The van der Waals surface area contributed by atoms with E-state index in [2.05, 4.69) is 5.32 Å². The highest BCUT2D eigenvalue weighted by atomic mass is 19.1. The van der Waals surface area contributed by atoms with Crippen molar-refractivity contribution < 1.29 is 13.6 Å². The predicted octanol–water partition coefficient (Wildman–Crippen LogP) is 3.55. The van der Waals surface area contributed by atoms with Gasteiger partial charge in [0.25, 0.3) is 0 Å². The number of rotatable bonds is 1. The Kier molecular flexibility index (Phi) is 3.19. The molecule has 1 heterocycles. The maximum Gasteiger partial charge on any atom is 0.226 e. The number of carbonyl (C=O) groups is 1. The molecule has 0 radical (unpaired) electrons. The summed E-state index contributed by atoms with van der Waals surface area (Å²) >= 11 is 0. The third kappa shape index (κ3) is 2.33. The van der Waals surface area contributed by atoms with Crippen LogP contribution in [0, 0.1) is 11.3 Å². The van der Waals surface area contributed by atoms with Crippen LogP contribution in [0.1, 0.15) is 44.9 Å². The van der Waals surface area contributed by atoms with Crippen molar-refractivity contribution in [1.82, 2.24) is 5.32 Å². The van der Waals surface area contributed by atoms with Crippen LogP contribution >= 0.6 is 0 Å². The third-order valence-electron chi connectivity index (χ3n) is 4.91. The van der Waals surface area contributed by atoms with Gasteiger partial charge in [-0.1, -0.05) is 12.8 Å². The Labute approximate surface area is 111 Å². The summed E-state index contributed by atoms with van der Waals surface area (Å²) in [5.74, 6) is -1.10. The average Bonchev–Trinajstić information content (AvgIpc) is 2.81. The van der Waals surface area contributed by atoms with E-state index in [1.165, 1.54) is 6.08 Å². The van der Waals surface area contributed by atoms with Crippen LogP contribution in [-0.4, -0.2) is 11.9 Å². The Morgan fingerprint density at radius 3 is 2.58 bits per heavy atom. The van der Waals surface area contributed by atoms with Crippen LogP contribution in [0.5, 0.6) is 0 Å². The highest BCUT2D eigenvalue weighted by molar-refractivity contribution is 5.84. The molecule has 104 valence electrons. The summed E-state index contributed by atoms with van der Waals surface area (Å²) < 4.78 is 26.6. The lowest BCUT2D eigenvalue weighted by molar-refractivity contribution is -0.135. The zero-order valence-corrected chi connectivity index (χ0v) is 10.9. The molecule has 1 aliphatic heterocycles. The first-order valence-corrected chi connectivity index (χ1v) is 7.13. The average molecular weight is 267 g/mol. The van der Waals surface area contributed by atoms with E-state index >= 15 is 0 Å². The molecule has 1 saturated carbocycles. The number of allylic oxidation sites excluding steroid dienone is 3. The molecule has 2 nitrogen and oxygen atoms in total. The fourth-order valence-electron chi connectivity index (χ4n) is 3.79. The highest BCUT2D eigenvalue weighted by Crippen LogP contribution is 2.45. The predicted molar refractivity (Wildman–Crippen MR) is 68.6 cm³/mol. The van der Waals surface area contributed by atoms with Gasteiger partial charge >= 0.3 is 0 Å². The van der Waals surface area contributed by atoms with E-state index in [-0.39, 0.29) is 29.7 Å². The van der Waals surface area contributed by atoms with Crippen LogP contribution in [0.25, 0.3) is 0 Å². The minimum Gasteiger partial charge on any atom is -0.352 e. The van der Waals surface area contributed by atoms with E-state index < -0.39 is 11.7 Å². The van der Waals surface area contributed by atoms with Gasteiger partial charge in [0, 0.05) is 29.9 Å². The second-order valence-corrected chi connectivity index (χ2v) is 6.12. The number of piperidine rings is 1. The van der Waals surface area contributed by atoms with Crippen molar-refractivity contribution in [3.8, 4) is 0 Å². The van der Waals surface area contributed by atoms with Crippen molar-refractivity contribution in [2.24, 2.45) is 11.3 Å². The topological polar surface area (TPSA) is 29.1 Å². The van der Waals surface area contributed by atoms with Gasteiger partial charge in [0.05, 0.1) is 0 Å². The van der Waals surface area contributed by atoms with Gasteiger partial charge in [0.2, 0.25) is 5.91 Å². The molecule has 3 aliphatic rings. The maximum atomic E-state index is 13.3. The van der Waals surface area contributed by atoms with Crippen molar-refractivity contribution in [2.75, 3.05) is 0 Å². The molecule has 0 aromatic carbocycles. The van der Waals surface area contributed by atoms with Crippen LogP contribution in [0.3, 0.4) is 0 Å². The molecule has 19 heavy (non-hydrogen) atoms. The monoisotopic (exact) mass is 267 g/mol. The van der Waals surface area contributed by atoms with E-state index in [9.17, 15) is 13.6 Å². The van der Waals surface area contributed by atoms with Gasteiger partial charge in [0.1, 0.15) is 11.7 Å². The molecule has 0 aromatic rings. The van der Waals surface area contributed by atoms with Crippen LogP contribution in [0.2, 0.25) is 0 Å². The molecule has 0 aromatic heterocycles. The van der Waals surface area contributed by atoms with Gasteiger partial charge in [-0.2, -0.15) is 0 Å². The van der Waals surface area contributed by atoms with Crippen LogP contribution in [-0.2, 0) is 4.79 Å². The van der Waals surface area contributed by atoms with E-state index in [0.717, 1.165) is 44.6 Å². The molecule has 3 rings (SSSR count). The summed E-state index contributed by atoms with van der Waals surface area (Å²) in [6.07, 6.45) is 8.43. The zero-order chi connectivity index (χ0) is 13.5. The number of halogens is 2. The van der Waals surface area contributed by atoms with E-state index in [4.69, 9.17) is 0 Å². The molecule has 1 saturated heterocycles. The lowest BCUT2D eigenvalue weighted by Crippen LogP contribution is -2.52. The number of amides is 1. The highest BCUT2D eigenvalue weighted by Gasteiger charge is 2.45. The van der Waals surface area contributed by atoms with Crippen molar-refractivity contribution in [2.45, 2.75) is 51.0 Å². The first-order valence-electron chi connectivity index (χ1n) is 7.13. The second kappa shape index (κ2) is 4.73. The fraction of sp³-hybridized carbons (Fsp3) is 0.667. The number of hydrogen-bond acceptors (Lipinski definition) is 1. The molecule has 1 N–H and O–H groups in total. The molecule has 1 amide bonds. The lowest BCUT2D eigenvalue weighted by atomic mass is 9.74. The van der Waals surface area contributed by atoms with Crippen LogP contribution < -0.4 is 5.32 Å². The zero-order valence-electron chi connectivity index (χ0n) is 10.9. The molecule has 2 aliphatic carbocycles. The van der Waals surface area contributed by atoms with Crippen molar-refractivity contribution in [3.05, 3.63) is 23.8 Å². The second-order valence-electron chi connectivity index (χ2n) is 6.12. The Morgan fingerprint density at radius 2 is 1.95 bits per heavy atom. The number of nitrogens with one attached hydrogen (secondary N) is 1. The number of hydrogen-bond donors (Lipinski definition) is 1. The summed E-state index contributed by atoms with van der Waals surface area (Å²) in [6, 6.07) is -0.121. The van der Waals surface area contributed by atoms with Gasteiger partial charge in [-0.15, -0.1) is 0 Å². The van der Waals surface area contributed by atoms with Crippen LogP contribution in [0.15, 0.2) is 23.8 Å². The Bertz CT molecular complexity index is 449. The smallest absolute Gasteiger partial charge is 0.226 e. The Morgan fingerprint density at radius 1 is 1.21 bits per heavy atom. The van der Waals surface area contributed by atoms with Gasteiger partial charge < -0.3 is 5.32 Å². The van der Waals surface area contributed by atoms with Crippen molar-refractivity contribution in [3.63, 3.8) is 0 Å². The summed E-state index contributed by atoms with van der Waals surface area (Å²) in [5, 5.41) is 3.02. The molecule has 0 bridgehead atoms. The first kappa shape index (κ1) is 12.8. The summed E-state index contributed by atoms with van der Waals surface area (Å²) in [4.78, 5) is 12.3. The van der Waals surface area contributed by atoms with Gasteiger partial charge in [0.15, 0.2) is 0 Å². The molecule has 1 spiro atoms. The lowest BCUT2D eigenvalue weighted by Gasteiger charge is -2.39. The molecular weight excluding hydrogens is 248 g/mol. The van der Waals surface area contributed by atoms with Gasteiger partial charge in [-0.05, 0) is 31.8 Å². The van der Waals surface area contributed by atoms with Gasteiger partial charge in [-0.3, -0.25) is 4.79 Å². The summed E-state index contributed by atoms with van der Waals surface area (Å²) in [7, 11) is 0. The minimum absolute atomic E-state index is 0.102. The first-order chi connectivity index (χ1) is 9.09. The van der Waals surface area contributed by atoms with E-state index in [0.29, 0.717) is 0 Å². The quantitative estimate of drug-likeness (QED) is 0.773. The largest absolute Gasteiger partial charge is 0.352 e. The molecule has 4 heteroatoms. The standard InChI is InChI=1S/C15H19F2NO/c16-11-7-10(8-12(17)9-11)13-3-6-15(14(19)18-13)4-1-2-5-15/h7,9-10,13H,1-6,8H2,(H,18,19)/t10?,13-/m0/s1. The van der Waals surface area contributed by atoms with E-state index in [1.54, 1.807) is 0 Å². The SMILES string of the molecule is O=C1N[C@H](C2C=C(F)C=C(F)C2)CCC12CCCC2. The van der Waals surface area contributed by atoms with E-state index in [1.807, 2.05) is 0 Å². The normalized spacial score (nSPS) is 33.9. The molecule has 2 atom stereocenters. The maximum absolute atomic E-state index is 13.3. The molecular formula is C15H19F2NO. The molecule has 1 unspecified atom stereocenters. The summed E-state index contributed by atoms with van der Waals surface area (Å²) in [6.45, 7) is 0. The minimum atomic E-state index is -0.524. The van der Waals surface area contributed by atoms with Crippen molar-refractivity contribution >= 4 is 5.91 Å². The fourth-order valence-corrected chi connectivity index (χ4v) is 3.79. The Balaban J connectivity index is 1.69. The Hall–Kier alpha value is -1.19. The number of carbonyl (C=O) groups excluding carboxylic acids is 1. The van der Waals surface area contributed by atoms with Crippen molar-refractivity contribution in [1.29, 1.82) is 0 Å². The third-order valence-corrected chi connectivity index (χ3v) is 4.91.